The number of rotatable bonds is 0. The fourth-order valence-corrected chi connectivity index (χ4v) is 0. The van der Waals surface area contributed by atoms with E-state index in [0.717, 1.165) is 0 Å². The molecule has 0 unspecified atom stereocenters. The van der Waals surface area contributed by atoms with Gasteiger partial charge in [-0.15, -0.1) is 0 Å². The Bertz CT molecular complexity index is 77.3. The molecule has 0 spiro atoms. The second kappa shape index (κ2) is 16.9. The van der Waals surface area contributed by atoms with Gasteiger partial charge in [0.15, 0.2) is 0 Å². The van der Waals surface area contributed by atoms with Crippen LogP contribution in [0.4, 0.5) is 0 Å². The quantitative estimate of drug-likeness (QED) is 0.340. The van der Waals surface area contributed by atoms with Gasteiger partial charge in [-0.05, 0) is 0 Å². The maximum atomic E-state index is 4.66. The normalized spacial score (nSPS) is 4.80. The first-order valence-electron chi connectivity index (χ1n) is 1.39. The topological polar surface area (TPSA) is 52.0 Å². The molecule has 0 aliphatic heterocycles. The maximum Gasteiger partial charge on any atom is 4.00 e. The Morgan fingerprint density at radius 1 is 0.900 bits per heavy atom. The predicted octanol–water partition coefficient (Wildman–Crippen LogP) is -0.451. The third-order valence-electron chi connectivity index (χ3n) is 0. The van der Waals surface area contributed by atoms with Gasteiger partial charge in [0.05, 0.1) is 0 Å². The van der Waals surface area contributed by atoms with Gasteiger partial charge in [-0.25, -0.2) is 0 Å². The molecule has 10 heavy (non-hydrogen) atoms. The Balaban J connectivity index is -0.0000000300. The Hall–Kier alpha value is 1.60. The van der Waals surface area contributed by atoms with Gasteiger partial charge in [0, 0.05) is 0 Å². The van der Waals surface area contributed by atoms with Crippen LogP contribution in [0.3, 0.4) is 0 Å². The van der Waals surface area contributed by atoms with Crippen molar-refractivity contribution in [1.29, 1.82) is 0 Å². The van der Waals surface area contributed by atoms with Gasteiger partial charge >= 0.3 is 42.1 Å². The molecule has 0 aliphatic rings. The van der Waals surface area contributed by atoms with E-state index in [1.165, 1.54) is 0 Å². The predicted molar refractivity (Wildman–Crippen MR) is 48.3 cm³/mol. The molecular weight excluding hydrogens is 372 g/mol. The minimum Gasteiger partial charge on any atom is -0.415 e. The van der Waals surface area contributed by atoms with Crippen molar-refractivity contribution in [3.63, 3.8) is 0 Å². The molecule has 2 nitrogen and oxygen atoms in total. The zero-order valence-electron chi connectivity index (χ0n) is 4.60. The second-order valence-corrected chi connectivity index (χ2v) is 2.91. The van der Waals surface area contributed by atoms with Crippen molar-refractivity contribution < 1.29 is 42.1 Å². The minimum absolute atomic E-state index is 0. The maximum absolute atomic E-state index is 4.66. The molecule has 0 bridgehead atoms. The van der Waals surface area contributed by atoms with Crippen LogP contribution in [0.15, 0.2) is 0 Å². The van der Waals surface area contributed by atoms with Crippen molar-refractivity contribution in [1.82, 2.24) is 0 Å². The largest absolute Gasteiger partial charge is 4.00 e. The molecule has 8 heteroatoms. The van der Waals surface area contributed by atoms with Gasteiger partial charge in [-0.1, -0.05) is 8.64 Å². The molecule has 52 valence electrons. The fourth-order valence-electron chi connectivity index (χ4n) is 0. The summed E-state index contributed by atoms with van der Waals surface area (Å²) < 4.78 is 0.167. The standard InChI is InChI=1S/2CH3NS2.2Mo/c2*2-1(3)4;;/h2*(H3,2,3,4);;/q;;2*+4/p-2. The van der Waals surface area contributed by atoms with Crippen LogP contribution in [-0.2, 0) is 67.4 Å². The molecule has 0 atom stereocenters. The molecule has 0 aliphatic carbocycles. The summed E-state index contributed by atoms with van der Waals surface area (Å²) in [5, 5.41) is 0. The van der Waals surface area contributed by atoms with Crippen molar-refractivity contribution in [2.45, 2.75) is 0 Å². The first-order chi connectivity index (χ1) is 3.46. The molecular formula is C2H4Mo2N2S4+6. The number of hydrogen-bond donors (Lipinski definition) is 2. The third kappa shape index (κ3) is 278. The van der Waals surface area contributed by atoms with Crippen molar-refractivity contribution in [2.24, 2.45) is 11.5 Å². The van der Waals surface area contributed by atoms with Gasteiger partial charge in [-0.3, -0.25) is 0 Å². The average Bonchev–Trinajstić information content (AvgIpc) is 1.25. The molecule has 0 fully saturated rings. The molecule has 0 aromatic carbocycles. The molecule has 0 aromatic rings. The summed E-state index contributed by atoms with van der Waals surface area (Å²) >= 11 is 16.5. The monoisotopic (exact) mass is 380 g/mol. The van der Waals surface area contributed by atoms with E-state index in [-0.39, 0.29) is 50.8 Å². The molecule has 0 amide bonds. The van der Waals surface area contributed by atoms with Crippen LogP contribution < -0.4 is 11.5 Å². The zero-order chi connectivity index (χ0) is 7.15. The molecule has 0 heterocycles. The van der Waals surface area contributed by atoms with Crippen LogP contribution >= 0.6 is 24.4 Å². The third-order valence-corrected chi connectivity index (χ3v) is 0. The molecule has 0 aromatic heterocycles. The summed E-state index contributed by atoms with van der Waals surface area (Å²) in [7, 11) is 0. The van der Waals surface area contributed by atoms with E-state index in [1.807, 2.05) is 0 Å². The van der Waals surface area contributed by atoms with Gasteiger partial charge in [0.2, 0.25) is 0 Å². The minimum atomic E-state index is 0. The van der Waals surface area contributed by atoms with Crippen LogP contribution in [0.25, 0.3) is 0 Å². The van der Waals surface area contributed by atoms with E-state index >= 15 is 0 Å². The summed E-state index contributed by atoms with van der Waals surface area (Å²) in [4.78, 5) is 0. The van der Waals surface area contributed by atoms with E-state index in [0.29, 0.717) is 0 Å². The Kier molecular flexibility index (Phi) is 38.2. The summed E-state index contributed by atoms with van der Waals surface area (Å²) in [5.41, 5.74) is 9.31. The van der Waals surface area contributed by atoms with Crippen molar-refractivity contribution in [2.75, 3.05) is 0 Å². The van der Waals surface area contributed by atoms with Crippen molar-refractivity contribution in [3.8, 4) is 0 Å². The molecule has 0 rings (SSSR count). The van der Waals surface area contributed by atoms with Crippen molar-refractivity contribution >= 4 is 58.3 Å². The molecule has 4 N–H and O–H groups in total. The summed E-state index contributed by atoms with van der Waals surface area (Å²) in [6.45, 7) is 0. The Morgan fingerprint density at radius 2 is 0.900 bits per heavy atom. The zero-order valence-corrected chi connectivity index (χ0v) is 11.9. The first kappa shape index (κ1) is 22.6. The van der Waals surface area contributed by atoms with E-state index < -0.39 is 0 Å². The van der Waals surface area contributed by atoms with Gasteiger partial charge in [0.25, 0.3) is 0 Å². The fraction of sp³-hybridized carbons (Fsp3) is 0. The first-order valence-corrected chi connectivity index (χ1v) is 3.03. The van der Waals surface area contributed by atoms with Gasteiger partial charge in [-0.2, -0.15) is 0 Å². The van der Waals surface area contributed by atoms with Crippen molar-refractivity contribution in [3.05, 3.63) is 0 Å². The summed E-state index contributed by atoms with van der Waals surface area (Å²) in [6.07, 6.45) is 0. The number of thiocarbonyl (C=S) groups is 2. The van der Waals surface area contributed by atoms with Gasteiger partial charge < -0.3 is 61.2 Å². The van der Waals surface area contributed by atoms with Crippen LogP contribution in [0.2, 0.25) is 0 Å². The second-order valence-electron chi connectivity index (χ2n) is 0.638. The smallest absolute Gasteiger partial charge is 0.415 e. The van der Waals surface area contributed by atoms with Crippen LogP contribution in [0, 0.1) is 0 Å². The SMILES string of the molecule is NC(=S)[S-].NC(=S)[S-].[Mo+4].[Mo+4]. The molecule has 0 radical (unpaired) electrons. The van der Waals surface area contributed by atoms with E-state index in [4.69, 9.17) is 0 Å². The summed E-state index contributed by atoms with van der Waals surface area (Å²) in [6, 6.07) is 0. The van der Waals surface area contributed by atoms with Crippen LogP contribution in [0.1, 0.15) is 0 Å². The van der Waals surface area contributed by atoms with E-state index in [1.54, 1.807) is 0 Å². The molecule has 0 saturated carbocycles. The summed E-state index contributed by atoms with van der Waals surface area (Å²) in [5.74, 6) is 0. The molecule has 0 saturated heterocycles. The van der Waals surface area contributed by atoms with E-state index in [9.17, 15) is 0 Å². The Labute approximate surface area is 111 Å². The number of hydrogen-bond acceptors (Lipinski definition) is 4. The van der Waals surface area contributed by atoms with Gasteiger partial charge in [0.1, 0.15) is 0 Å². The average molecular weight is 376 g/mol. The Morgan fingerprint density at radius 3 is 0.900 bits per heavy atom. The van der Waals surface area contributed by atoms with E-state index in [2.05, 4.69) is 61.2 Å². The van der Waals surface area contributed by atoms with Crippen LogP contribution in [0.5, 0.6) is 0 Å². The van der Waals surface area contributed by atoms with Crippen LogP contribution in [-0.4, -0.2) is 8.64 Å². The number of nitrogens with two attached hydrogens (primary N) is 2.